The predicted molar refractivity (Wildman–Crippen MR) is 79.1 cm³/mol. The van der Waals surface area contributed by atoms with Gasteiger partial charge in [0.05, 0.1) is 11.2 Å². The summed E-state index contributed by atoms with van der Waals surface area (Å²) in [7, 11) is 2.18. The molecule has 3 rings (SSSR count). The minimum atomic E-state index is 0.658. The van der Waals surface area contributed by atoms with Crippen LogP contribution in [-0.4, -0.2) is 36.1 Å². The fraction of sp³-hybridized carbons (Fsp3) is 0.438. The fourth-order valence-corrected chi connectivity index (χ4v) is 2.83. The van der Waals surface area contributed by atoms with Gasteiger partial charge in [-0.1, -0.05) is 24.3 Å². The lowest BCUT2D eigenvalue weighted by molar-refractivity contribution is 0.290. The van der Waals surface area contributed by atoms with Crippen molar-refractivity contribution in [1.82, 2.24) is 15.2 Å². The SMILES string of the molecule is CN(Cc1ccc2ccccc2n1)CC1CCCN1. The number of likely N-dealkylation sites (N-methyl/N-ethyl adjacent to an activating group) is 1. The molecule has 1 atom stereocenters. The van der Waals surface area contributed by atoms with Gasteiger partial charge in [-0.15, -0.1) is 0 Å². The molecule has 1 N–H and O–H groups in total. The van der Waals surface area contributed by atoms with Crippen LogP contribution in [0.4, 0.5) is 0 Å². The molecule has 2 heterocycles. The zero-order chi connectivity index (χ0) is 13.1. The van der Waals surface area contributed by atoms with Gasteiger partial charge in [0.1, 0.15) is 0 Å². The van der Waals surface area contributed by atoms with Crippen LogP contribution in [0.5, 0.6) is 0 Å². The molecule has 0 aliphatic carbocycles. The molecule has 1 aromatic heterocycles. The Labute approximate surface area is 114 Å². The lowest BCUT2D eigenvalue weighted by Gasteiger charge is -2.20. The summed E-state index contributed by atoms with van der Waals surface area (Å²) in [6.45, 7) is 3.20. The Morgan fingerprint density at radius 3 is 3.00 bits per heavy atom. The van der Waals surface area contributed by atoms with Crippen molar-refractivity contribution >= 4 is 10.9 Å². The second-order valence-corrected chi connectivity index (χ2v) is 5.49. The van der Waals surface area contributed by atoms with Crippen LogP contribution in [0, 0.1) is 0 Å². The Morgan fingerprint density at radius 1 is 1.26 bits per heavy atom. The Hall–Kier alpha value is -1.45. The number of para-hydroxylation sites is 1. The number of nitrogens with zero attached hydrogens (tertiary/aromatic N) is 2. The highest BCUT2D eigenvalue weighted by atomic mass is 15.1. The van der Waals surface area contributed by atoms with Gasteiger partial charge in [0.25, 0.3) is 0 Å². The topological polar surface area (TPSA) is 28.2 Å². The Bertz CT molecular complexity index is 546. The number of rotatable bonds is 4. The molecule has 1 aromatic carbocycles. The summed E-state index contributed by atoms with van der Waals surface area (Å²) in [5.74, 6) is 0. The van der Waals surface area contributed by atoms with Gasteiger partial charge >= 0.3 is 0 Å². The van der Waals surface area contributed by atoms with E-state index in [0.717, 1.165) is 24.3 Å². The summed E-state index contributed by atoms with van der Waals surface area (Å²) >= 11 is 0. The lowest BCUT2D eigenvalue weighted by atomic mass is 10.2. The van der Waals surface area contributed by atoms with Crippen molar-refractivity contribution in [3.8, 4) is 0 Å². The molecule has 0 bridgehead atoms. The monoisotopic (exact) mass is 255 g/mol. The second kappa shape index (κ2) is 5.68. The van der Waals surface area contributed by atoms with Crippen molar-refractivity contribution in [3.05, 3.63) is 42.1 Å². The number of pyridine rings is 1. The van der Waals surface area contributed by atoms with Crippen LogP contribution in [0.25, 0.3) is 10.9 Å². The van der Waals surface area contributed by atoms with Crippen LogP contribution in [0.1, 0.15) is 18.5 Å². The molecule has 0 saturated carbocycles. The molecule has 0 spiro atoms. The summed E-state index contributed by atoms with van der Waals surface area (Å²) in [4.78, 5) is 7.09. The summed E-state index contributed by atoms with van der Waals surface area (Å²) in [5.41, 5.74) is 2.24. The third-order valence-corrected chi connectivity index (χ3v) is 3.78. The molecular weight excluding hydrogens is 234 g/mol. The van der Waals surface area contributed by atoms with Crippen molar-refractivity contribution in [2.24, 2.45) is 0 Å². The first-order valence-corrected chi connectivity index (χ1v) is 7.08. The minimum Gasteiger partial charge on any atom is -0.313 e. The average molecular weight is 255 g/mol. The maximum atomic E-state index is 4.73. The highest BCUT2D eigenvalue weighted by molar-refractivity contribution is 5.78. The van der Waals surface area contributed by atoms with Gasteiger partial charge in [-0.2, -0.15) is 0 Å². The van der Waals surface area contributed by atoms with Crippen molar-refractivity contribution in [1.29, 1.82) is 0 Å². The molecule has 1 aliphatic heterocycles. The molecule has 3 heteroatoms. The Kier molecular flexibility index (Phi) is 3.76. The molecule has 1 unspecified atom stereocenters. The molecule has 1 aliphatic rings. The van der Waals surface area contributed by atoms with E-state index < -0.39 is 0 Å². The van der Waals surface area contributed by atoms with Crippen molar-refractivity contribution in [2.45, 2.75) is 25.4 Å². The van der Waals surface area contributed by atoms with Crippen LogP contribution in [0.15, 0.2) is 36.4 Å². The zero-order valence-electron chi connectivity index (χ0n) is 11.5. The number of fused-ring (bicyclic) bond motifs is 1. The summed E-state index contributed by atoms with van der Waals surface area (Å²) in [5, 5.41) is 4.76. The van der Waals surface area contributed by atoms with E-state index in [9.17, 15) is 0 Å². The van der Waals surface area contributed by atoms with Crippen LogP contribution in [0.2, 0.25) is 0 Å². The zero-order valence-corrected chi connectivity index (χ0v) is 11.5. The lowest BCUT2D eigenvalue weighted by Crippen LogP contribution is -2.35. The third kappa shape index (κ3) is 3.11. The maximum Gasteiger partial charge on any atom is 0.0705 e. The number of nitrogens with one attached hydrogen (secondary N) is 1. The number of benzene rings is 1. The summed E-state index contributed by atoms with van der Waals surface area (Å²) in [6, 6.07) is 13.3. The molecule has 100 valence electrons. The predicted octanol–water partition coefficient (Wildman–Crippen LogP) is 2.42. The number of hydrogen-bond donors (Lipinski definition) is 1. The minimum absolute atomic E-state index is 0.658. The van der Waals surface area contributed by atoms with Gasteiger partial charge in [0.2, 0.25) is 0 Å². The van der Waals surface area contributed by atoms with Gasteiger partial charge in [-0.25, -0.2) is 0 Å². The fourth-order valence-electron chi connectivity index (χ4n) is 2.83. The first kappa shape index (κ1) is 12.6. The Balaban J connectivity index is 1.66. The highest BCUT2D eigenvalue weighted by Crippen LogP contribution is 2.13. The quantitative estimate of drug-likeness (QED) is 0.909. The smallest absolute Gasteiger partial charge is 0.0705 e. The Morgan fingerprint density at radius 2 is 2.16 bits per heavy atom. The third-order valence-electron chi connectivity index (χ3n) is 3.78. The molecule has 1 fully saturated rings. The van der Waals surface area contributed by atoms with E-state index in [0.29, 0.717) is 6.04 Å². The van der Waals surface area contributed by atoms with Gasteiger partial charge in [0.15, 0.2) is 0 Å². The standard InChI is InChI=1S/C16H21N3/c1-19(11-14-6-4-10-17-14)12-15-9-8-13-5-2-3-7-16(13)18-15/h2-3,5,7-9,14,17H,4,6,10-12H2,1H3. The van der Waals surface area contributed by atoms with Crippen molar-refractivity contribution in [3.63, 3.8) is 0 Å². The number of hydrogen-bond acceptors (Lipinski definition) is 3. The molecule has 1 saturated heterocycles. The van der Waals surface area contributed by atoms with E-state index in [1.807, 2.05) is 6.07 Å². The van der Waals surface area contributed by atoms with Crippen LogP contribution >= 0.6 is 0 Å². The van der Waals surface area contributed by atoms with Gasteiger partial charge < -0.3 is 5.32 Å². The van der Waals surface area contributed by atoms with E-state index in [2.05, 4.69) is 47.6 Å². The first-order valence-electron chi connectivity index (χ1n) is 7.08. The van der Waals surface area contributed by atoms with E-state index in [-0.39, 0.29) is 0 Å². The van der Waals surface area contributed by atoms with Crippen LogP contribution < -0.4 is 5.32 Å². The van der Waals surface area contributed by atoms with Gasteiger partial charge in [0, 0.05) is 24.5 Å². The summed E-state index contributed by atoms with van der Waals surface area (Å²) in [6.07, 6.45) is 2.61. The number of aromatic nitrogens is 1. The van der Waals surface area contributed by atoms with Crippen LogP contribution in [0.3, 0.4) is 0 Å². The van der Waals surface area contributed by atoms with Gasteiger partial charge in [-0.05, 0) is 38.6 Å². The van der Waals surface area contributed by atoms with Crippen molar-refractivity contribution in [2.75, 3.05) is 20.1 Å². The molecular formula is C16H21N3. The maximum absolute atomic E-state index is 4.73. The molecule has 0 amide bonds. The van der Waals surface area contributed by atoms with Gasteiger partial charge in [-0.3, -0.25) is 9.88 Å². The molecule has 3 nitrogen and oxygen atoms in total. The highest BCUT2D eigenvalue weighted by Gasteiger charge is 2.16. The molecule has 19 heavy (non-hydrogen) atoms. The average Bonchev–Trinajstić information content (AvgIpc) is 2.91. The first-order chi connectivity index (χ1) is 9.31. The van der Waals surface area contributed by atoms with E-state index in [4.69, 9.17) is 4.98 Å². The largest absolute Gasteiger partial charge is 0.313 e. The van der Waals surface area contributed by atoms with E-state index in [1.165, 1.54) is 24.8 Å². The summed E-state index contributed by atoms with van der Waals surface area (Å²) < 4.78 is 0. The van der Waals surface area contributed by atoms with Crippen LogP contribution in [-0.2, 0) is 6.54 Å². The normalized spacial score (nSPS) is 19.4. The molecule has 2 aromatic rings. The van der Waals surface area contributed by atoms with Crippen molar-refractivity contribution < 1.29 is 0 Å². The second-order valence-electron chi connectivity index (χ2n) is 5.49. The molecule has 0 radical (unpaired) electrons. The van der Waals surface area contributed by atoms with E-state index in [1.54, 1.807) is 0 Å². The van der Waals surface area contributed by atoms with E-state index >= 15 is 0 Å².